The molecule has 0 saturated carbocycles. The number of allylic oxidation sites excluding steroid dienone is 1. The van der Waals surface area contributed by atoms with Crippen molar-refractivity contribution in [2.45, 2.75) is 26.7 Å². The fourth-order valence-corrected chi connectivity index (χ4v) is 1.86. The molecule has 0 amide bonds. The fourth-order valence-electron chi connectivity index (χ4n) is 1.86. The summed E-state index contributed by atoms with van der Waals surface area (Å²) in [5.41, 5.74) is 1.43. The summed E-state index contributed by atoms with van der Waals surface area (Å²) in [6.07, 6.45) is 3.15. The summed E-state index contributed by atoms with van der Waals surface area (Å²) in [4.78, 5) is 0. The first-order valence-electron chi connectivity index (χ1n) is 6.68. The number of aryl methyl sites for hydroxylation is 1. The summed E-state index contributed by atoms with van der Waals surface area (Å²) in [5.74, 6) is 0.298. The van der Waals surface area contributed by atoms with E-state index < -0.39 is 7.12 Å². The van der Waals surface area contributed by atoms with E-state index in [4.69, 9.17) is 15.3 Å². The Morgan fingerprint density at radius 3 is 2.52 bits per heavy atom. The van der Waals surface area contributed by atoms with E-state index in [0.717, 1.165) is 18.4 Å². The Morgan fingerprint density at radius 2 is 2.00 bits per heavy atom. The third kappa shape index (κ3) is 4.64. The molecule has 0 fully saturated rings. The Hall–Kier alpha value is -2.28. The highest BCUT2D eigenvalue weighted by atomic mass is 16.5. The minimum Gasteiger partial charge on any atom is -0.493 e. The molecule has 6 heteroatoms. The van der Waals surface area contributed by atoms with Crippen LogP contribution in [0.15, 0.2) is 17.7 Å². The lowest BCUT2D eigenvalue weighted by atomic mass is 9.77. The molecule has 0 aliphatic rings. The van der Waals surface area contributed by atoms with Gasteiger partial charge in [-0.2, -0.15) is 10.5 Å². The molecule has 2 N–H and O–H groups in total. The molecule has 1 aromatic rings. The van der Waals surface area contributed by atoms with Gasteiger partial charge >= 0.3 is 7.12 Å². The first-order valence-corrected chi connectivity index (χ1v) is 6.68. The van der Waals surface area contributed by atoms with Crippen molar-refractivity contribution >= 4 is 18.7 Å². The first kappa shape index (κ1) is 16.8. The second kappa shape index (κ2) is 8.11. The quantitative estimate of drug-likeness (QED) is 0.466. The Kier molecular flexibility index (Phi) is 6.48. The third-order valence-corrected chi connectivity index (χ3v) is 2.85. The second-order valence-electron chi connectivity index (χ2n) is 4.63. The van der Waals surface area contributed by atoms with Gasteiger partial charge in [0.05, 0.1) is 6.61 Å². The molecule has 1 rings (SSSR count). The Morgan fingerprint density at radius 1 is 1.33 bits per heavy atom. The van der Waals surface area contributed by atoms with Crippen molar-refractivity contribution in [2.24, 2.45) is 0 Å². The lowest BCUT2D eigenvalue weighted by Crippen LogP contribution is -2.32. The van der Waals surface area contributed by atoms with Crippen LogP contribution >= 0.6 is 0 Å². The fraction of sp³-hybridized carbons (Fsp3) is 0.333. The van der Waals surface area contributed by atoms with Gasteiger partial charge in [0, 0.05) is 11.0 Å². The Labute approximate surface area is 124 Å². The molecule has 0 aromatic heterocycles. The molecule has 108 valence electrons. The van der Waals surface area contributed by atoms with Crippen LogP contribution in [0.2, 0.25) is 0 Å². The molecule has 0 aliphatic carbocycles. The number of hydrogen-bond donors (Lipinski definition) is 2. The Bertz CT molecular complexity index is 597. The highest BCUT2D eigenvalue weighted by Gasteiger charge is 2.20. The number of ether oxygens (including phenoxy) is 1. The van der Waals surface area contributed by atoms with Crippen LogP contribution in [0.1, 0.15) is 30.9 Å². The highest BCUT2D eigenvalue weighted by Crippen LogP contribution is 2.22. The maximum absolute atomic E-state index is 9.48. The predicted molar refractivity (Wildman–Crippen MR) is 80.6 cm³/mol. The lowest BCUT2D eigenvalue weighted by Gasteiger charge is -2.15. The van der Waals surface area contributed by atoms with E-state index in [9.17, 15) is 10.0 Å². The van der Waals surface area contributed by atoms with E-state index in [1.54, 1.807) is 31.2 Å². The SMILES string of the molecule is CCCCOc1c(C=C(C#N)C#N)cc(C)cc1B(O)O. The van der Waals surface area contributed by atoms with Crippen molar-refractivity contribution < 1.29 is 14.8 Å². The number of nitriles is 2. The summed E-state index contributed by atoms with van der Waals surface area (Å²) in [6.45, 7) is 4.23. The smallest absolute Gasteiger partial charge is 0.492 e. The number of rotatable bonds is 6. The highest BCUT2D eigenvalue weighted by molar-refractivity contribution is 6.59. The van der Waals surface area contributed by atoms with Gasteiger partial charge in [0.2, 0.25) is 0 Å². The zero-order chi connectivity index (χ0) is 15.8. The monoisotopic (exact) mass is 284 g/mol. The molecule has 0 heterocycles. The van der Waals surface area contributed by atoms with Crippen LogP contribution in [0, 0.1) is 29.6 Å². The number of benzene rings is 1. The molecule has 0 saturated heterocycles. The molecule has 0 unspecified atom stereocenters. The van der Waals surface area contributed by atoms with Crippen molar-refractivity contribution in [2.75, 3.05) is 6.61 Å². The molecule has 1 aromatic carbocycles. The molecule has 5 nitrogen and oxygen atoms in total. The van der Waals surface area contributed by atoms with Gasteiger partial charge in [0.25, 0.3) is 0 Å². The number of nitrogens with zero attached hydrogens (tertiary/aromatic N) is 2. The number of unbranched alkanes of at least 4 members (excludes halogenated alkanes) is 1. The van der Waals surface area contributed by atoms with E-state index in [0.29, 0.717) is 17.9 Å². The van der Waals surface area contributed by atoms with Gasteiger partial charge in [-0.15, -0.1) is 0 Å². The van der Waals surface area contributed by atoms with Crippen LogP contribution in [0.25, 0.3) is 6.08 Å². The van der Waals surface area contributed by atoms with Crippen molar-refractivity contribution in [3.63, 3.8) is 0 Å². The maximum Gasteiger partial charge on any atom is 0.492 e. The van der Waals surface area contributed by atoms with Crippen LogP contribution in [0.3, 0.4) is 0 Å². The van der Waals surface area contributed by atoms with Crippen LogP contribution in [0.4, 0.5) is 0 Å². The largest absolute Gasteiger partial charge is 0.493 e. The van der Waals surface area contributed by atoms with Crippen molar-refractivity contribution in [1.29, 1.82) is 10.5 Å². The summed E-state index contributed by atoms with van der Waals surface area (Å²) in [6, 6.07) is 6.92. The Balaban J connectivity index is 3.36. The minimum atomic E-state index is -1.68. The minimum absolute atomic E-state index is 0.0701. The summed E-state index contributed by atoms with van der Waals surface area (Å²) < 4.78 is 5.63. The van der Waals surface area contributed by atoms with Gasteiger partial charge in [-0.25, -0.2) is 0 Å². The van der Waals surface area contributed by atoms with Gasteiger partial charge in [0.15, 0.2) is 0 Å². The average molecular weight is 284 g/mol. The number of hydrogen-bond acceptors (Lipinski definition) is 5. The molecule has 0 bridgehead atoms. The topological polar surface area (TPSA) is 97.3 Å². The third-order valence-electron chi connectivity index (χ3n) is 2.85. The summed E-state index contributed by atoms with van der Waals surface area (Å²) in [5, 5.41) is 36.7. The standard InChI is InChI=1S/C15H17BN2O3/c1-3-4-5-21-15-13(8-12(9-17)10-18)6-11(2)7-14(15)16(19)20/h6-8,19-20H,3-5H2,1-2H3. The van der Waals surface area contributed by atoms with Crippen LogP contribution in [-0.2, 0) is 0 Å². The predicted octanol–water partition coefficient (Wildman–Crippen LogP) is 1.28. The molecule has 0 aliphatic heterocycles. The lowest BCUT2D eigenvalue weighted by molar-refractivity contribution is 0.309. The first-order chi connectivity index (χ1) is 10.0. The van der Waals surface area contributed by atoms with E-state index in [1.807, 2.05) is 6.92 Å². The molecule has 0 radical (unpaired) electrons. The van der Waals surface area contributed by atoms with Crippen molar-refractivity contribution in [3.8, 4) is 17.9 Å². The molecule has 21 heavy (non-hydrogen) atoms. The van der Waals surface area contributed by atoms with Gasteiger partial charge in [-0.1, -0.05) is 25.0 Å². The van der Waals surface area contributed by atoms with E-state index >= 15 is 0 Å². The van der Waals surface area contributed by atoms with Gasteiger partial charge < -0.3 is 14.8 Å². The van der Waals surface area contributed by atoms with Crippen LogP contribution in [-0.4, -0.2) is 23.8 Å². The van der Waals surface area contributed by atoms with Gasteiger partial charge in [-0.05, 0) is 25.5 Å². The maximum atomic E-state index is 9.48. The summed E-state index contributed by atoms with van der Waals surface area (Å²) in [7, 11) is -1.68. The average Bonchev–Trinajstić information content (AvgIpc) is 2.46. The second-order valence-corrected chi connectivity index (χ2v) is 4.63. The summed E-state index contributed by atoms with van der Waals surface area (Å²) >= 11 is 0. The van der Waals surface area contributed by atoms with Crippen LogP contribution < -0.4 is 10.2 Å². The normalized spacial score (nSPS) is 9.43. The van der Waals surface area contributed by atoms with Gasteiger partial charge in [-0.3, -0.25) is 0 Å². The van der Waals surface area contributed by atoms with Crippen LogP contribution in [0.5, 0.6) is 5.75 Å². The van der Waals surface area contributed by atoms with E-state index in [-0.39, 0.29) is 11.0 Å². The zero-order valence-electron chi connectivity index (χ0n) is 12.1. The molecular weight excluding hydrogens is 267 g/mol. The van der Waals surface area contributed by atoms with Crippen molar-refractivity contribution in [3.05, 3.63) is 28.8 Å². The van der Waals surface area contributed by atoms with Gasteiger partial charge in [0.1, 0.15) is 23.5 Å². The molecule has 0 atom stereocenters. The van der Waals surface area contributed by atoms with E-state index in [2.05, 4.69) is 0 Å². The molecular formula is C15H17BN2O3. The molecule has 0 spiro atoms. The zero-order valence-corrected chi connectivity index (χ0v) is 12.1. The van der Waals surface area contributed by atoms with E-state index in [1.165, 1.54) is 6.08 Å². The van der Waals surface area contributed by atoms with Crippen molar-refractivity contribution in [1.82, 2.24) is 0 Å².